The highest BCUT2D eigenvalue weighted by molar-refractivity contribution is 7.90. The van der Waals surface area contributed by atoms with Crippen LogP contribution < -0.4 is 9.04 Å². The highest BCUT2D eigenvalue weighted by Crippen LogP contribution is 2.36. The fourth-order valence-corrected chi connectivity index (χ4v) is 5.21. The standard InChI is InChI=1S/C20H22N4O2S/c1-26-20-13-17(7-8-19(20)16-5-3-2-4-6-16)23-11-12-24(27(23)25)18-9-10-22(14-18)15-21/h2-8,13,18H,9-12,14H2,1H3. The second-order valence-corrected chi connectivity index (χ2v) is 8.08. The molecule has 0 N–H and O–H groups in total. The van der Waals surface area contributed by atoms with Gasteiger partial charge in [0.25, 0.3) is 0 Å². The van der Waals surface area contributed by atoms with Crippen LogP contribution in [0.1, 0.15) is 6.42 Å². The molecule has 0 aromatic heterocycles. The quantitative estimate of drug-likeness (QED) is 0.598. The molecule has 2 atom stereocenters. The van der Waals surface area contributed by atoms with E-state index in [0.29, 0.717) is 13.1 Å². The van der Waals surface area contributed by atoms with Gasteiger partial charge in [0.05, 0.1) is 31.9 Å². The second-order valence-electron chi connectivity index (χ2n) is 6.71. The zero-order chi connectivity index (χ0) is 18.8. The molecule has 4 rings (SSSR count). The zero-order valence-corrected chi connectivity index (χ0v) is 16.1. The Bertz CT molecular complexity index is 842. The van der Waals surface area contributed by atoms with Gasteiger partial charge in [-0.25, -0.2) is 0 Å². The van der Waals surface area contributed by atoms with Gasteiger partial charge in [-0.2, -0.15) is 9.57 Å². The number of ether oxygens (including phenoxy) is 1. The van der Waals surface area contributed by atoms with Gasteiger partial charge in [-0.15, -0.1) is 0 Å². The number of benzene rings is 2. The van der Waals surface area contributed by atoms with Gasteiger partial charge in [-0.05, 0) is 24.1 Å². The van der Waals surface area contributed by atoms with E-state index in [4.69, 9.17) is 10.00 Å². The smallest absolute Gasteiger partial charge is 0.179 e. The van der Waals surface area contributed by atoms with E-state index < -0.39 is 11.5 Å². The molecule has 0 bridgehead atoms. The summed E-state index contributed by atoms with van der Waals surface area (Å²) < 4.78 is 22.6. The summed E-state index contributed by atoms with van der Waals surface area (Å²) in [6.07, 6.45) is 3.07. The maximum Gasteiger partial charge on any atom is 0.179 e. The van der Waals surface area contributed by atoms with E-state index in [2.05, 4.69) is 6.19 Å². The third kappa shape index (κ3) is 3.44. The van der Waals surface area contributed by atoms with E-state index in [1.807, 2.05) is 57.1 Å². The van der Waals surface area contributed by atoms with Crippen LogP contribution in [0, 0.1) is 11.5 Å². The number of nitriles is 1. The molecule has 2 saturated heterocycles. The molecule has 2 aliphatic rings. The molecule has 2 heterocycles. The molecular weight excluding hydrogens is 360 g/mol. The van der Waals surface area contributed by atoms with Crippen LogP contribution >= 0.6 is 0 Å². The van der Waals surface area contributed by atoms with E-state index in [-0.39, 0.29) is 6.04 Å². The number of methoxy groups -OCH3 is 1. The Morgan fingerprint density at radius 3 is 2.67 bits per heavy atom. The number of anilines is 1. The average molecular weight is 382 g/mol. The topological polar surface area (TPSA) is 65.8 Å². The molecule has 2 unspecified atom stereocenters. The summed E-state index contributed by atoms with van der Waals surface area (Å²) in [5, 5.41) is 9.06. The molecule has 0 aliphatic carbocycles. The summed E-state index contributed by atoms with van der Waals surface area (Å²) in [7, 11) is 1.66. The van der Waals surface area contributed by atoms with Gasteiger partial charge in [-0.1, -0.05) is 34.6 Å². The van der Waals surface area contributed by atoms with Crippen LogP contribution in [0.15, 0.2) is 48.5 Å². The minimum Gasteiger partial charge on any atom is -0.573 e. The first kappa shape index (κ1) is 18.0. The van der Waals surface area contributed by atoms with Crippen molar-refractivity contribution in [3.05, 3.63) is 48.5 Å². The van der Waals surface area contributed by atoms with Gasteiger partial charge in [0.2, 0.25) is 0 Å². The van der Waals surface area contributed by atoms with E-state index >= 15 is 0 Å². The fourth-order valence-electron chi connectivity index (χ4n) is 3.76. The highest BCUT2D eigenvalue weighted by atomic mass is 32.2. The van der Waals surface area contributed by atoms with Crippen LogP contribution in [0.2, 0.25) is 0 Å². The van der Waals surface area contributed by atoms with Crippen molar-refractivity contribution in [1.29, 1.82) is 5.26 Å². The number of likely N-dealkylation sites (tertiary alicyclic amines) is 1. The first-order chi connectivity index (χ1) is 13.2. The van der Waals surface area contributed by atoms with Gasteiger partial charge in [0.15, 0.2) is 17.7 Å². The molecule has 0 radical (unpaired) electrons. The van der Waals surface area contributed by atoms with Crippen LogP contribution in [-0.2, 0) is 11.5 Å². The normalized spacial score (nSPS) is 22.9. The van der Waals surface area contributed by atoms with E-state index in [0.717, 1.165) is 42.1 Å². The van der Waals surface area contributed by atoms with Crippen molar-refractivity contribution in [2.75, 3.05) is 37.6 Å². The average Bonchev–Trinajstić information content (AvgIpc) is 3.34. The zero-order valence-electron chi connectivity index (χ0n) is 15.2. The Balaban J connectivity index is 1.55. The van der Waals surface area contributed by atoms with Crippen LogP contribution in [0.5, 0.6) is 5.75 Å². The van der Waals surface area contributed by atoms with Crippen molar-refractivity contribution in [3.8, 4) is 23.1 Å². The summed E-state index contributed by atoms with van der Waals surface area (Å²) in [6, 6.07) is 16.2. The van der Waals surface area contributed by atoms with E-state index in [1.165, 1.54) is 0 Å². The SMILES string of the molecule is COc1cc(N2CCN(C3CCN(C#N)C3)[S+]2[O-])ccc1-c1ccccc1. The van der Waals surface area contributed by atoms with Crippen LogP contribution in [0.4, 0.5) is 5.69 Å². The van der Waals surface area contributed by atoms with Crippen molar-refractivity contribution in [2.45, 2.75) is 12.5 Å². The molecule has 0 spiro atoms. The molecule has 2 aromatic rings. The monoisotopic (exact) mass is 382 g/mol. The van der Waals surface area contributed by atoms with Gasteiger partial charge in [0.1, 0.15) is 5.75 Å². The largest absolute Gasteiger partial charge is 0.573 e. The first-order valence-corrected chi connectivity index (χ1v) is 10.1. The van der Waals surface area contributed by atoms with E-state index in [9.17, 15) is 4.55 Å². The summed E-state index contributed by atoms with van der Waals surface area (Å²) in [4.78, 5) is 1.74. The van der Waals surface area contributed by atoms with Gasteiger partial charge in [0, 0.05) is 24.7 Å². The Hall–Kier alpha value is -2.40. The molecule has 0 saturated carbocycles. The molecule has 2 aliphatic heterocycles. The van der Waals surface area contributed by atoms with Gasteiger partial charge in [-0.3, -0.25) is 0 Å². The number of hydrogen-bond donors (Lipinski definition) is 0. The summed E-state index contributed by atoms with van der Waals surface area (Å²) in [5.74, 6) is 0.769. The van der Waals surface area contributed by atoms with Crippen molar-refractivity contribution in [1.82, 2.24) is 9.21 Å². The Morgan fingerprint density at radius 2 is 1.96 bits per heavy atom. The Kier molecular flexibility index (Phi) is 5.12. The second kappa shape index (κ2) is 7.69. The third-order valence-electron chi connectivity index (χ3n) is 5.18. The Morgan fingerprint density at radius 1 is 1.15 bits per heavy atom. The van der Waals surface area contributed by atoms with Gasteiger partial charge < -0.3 is 14.2 Å². The predicted molar refractivity (Wildman–Crippen MR) is 106 cm³/mol. The Labute approximate surface area is 163 Å². The molecule has 27 heavy (non-hydrogen) atoms. The molecule has 6 nitrogen and oxygen atoms in total. The third-order valence-corrected chi connectivity index (χ3v) is 6.83. The summed E-state index contributed by atoms with van der Waals surface area (Å²) in [6.45, 7) is 2.84. The van der Waals surface area contributed by atoms with Gasteiger partial charge >= 0.3 is 0 Å². The van der Waals surface area contributed by atoms with Crippen molar-refractivity contribution >= 4 is 17.2 Å². The summed E-state index contributed by atoms with van der Waals surface area (Å²) >= 11 is -1.24. The van der Waals surface area contributed by atoms with Crippen LogP contribution in [0.25, 0.3) is 11.1 Å². The summed E-state index contributed by atoms with van der Waals surface area (Å²) in [5.41, 5.74) is 3.00. The van der Waals surface area contributed by atoms with E-state index in [1.54, 1.807) is 12.0 Å². The number of rotatable bonds is 4. The van der Waals surface area contributed by atoms with Crippen LogP contribution in [0.3, 0.4) is 0 Å². The maximum absolute atomic E-state index is 13.1. The molecular formula is C20H22N4O2S. The number of nitrogens with zero attached hydrogens (tertiary/aromatic N) is 4. The molecule has 0 amide bonds. The molecule has 2 aromatic carbocycles. The first-order valence-electron chi connectivity index (χ1n) is 9.05. The lowest BCUT2D eigenvalue weighted by Crippen LogP contribution is -2.41. The number of hydrogen-bond acceptors (Lipinski definition) is 6. The lowest BCUT2D eigenvalue weighted by Gasteiger charge is -2.25. The lowest BCUT2D eigenvalue weighted by atomic mass is 10.0. The van der Waals surface area contributed by atoms with Crippen molar-refractivity contribution < 1.29 is 9.29 Å². The maximum atomic E-state index is 13.1. The highest BCUT2D eigenvalue weighted by Gasteiger charge is 2.43. The fraction of sp³-hybridized carbons (Fsp3) is 0.350. The molecule has 2 fully saturated rings. The minimum absolute atomic E-state index is 0.168. The molecule has 7 heteroatoms. The van der Waals surface area contributed by atoms with Crippen molar-refractivity contribution in [2.24, 2.45) is 0 Å². The lowest BCUT2D eigenvalue weighted by molar-refractivity contribution is 0.345. The van der Waals surface area contributed by atoms with Crippen molar-refractivity contribution in [3.63, 3.8) is 0 Å². The molecule has 140 valence electrons. The minimum atomic E-state index is -1.24. The van der Waals surface area contributed by atoms with Crippen LogP contribution in [-0.4, -0.2) is 53.1 Å². The predicted octanol–water partition coefficient (Wildman–Crippen LogP) is 2.62.